The normalized spacial score (nSPS) is 12.9. The third-order valence-corrected chi connectivity index (χ3v) is 1.99. The largest absolute Gasteiger partial charge is 0.396 e. The highest BCUT2D eigenvalue weighted by Crippen LogP contribution is 2.07. The lowest BCUT2D eigenvalue weighted by Gasteiger charge is -2.02. The van der Waals surface area contributed by atoms with Crippen molar-refractivity contribution >= 4 is 12.4 Å². The Hall–Kier alpha value is -1.41. The van der Waals surface area contributed by atoms with Crippen LogP contribution in [0.3, 0.4) is 0 Å². The summed E-state index contributed by atoms with van der Waals surface area (Å²) in [7, 11) is 0. The molecule has 1 N–H and O–H groups in total. The molecule has 0 fully saturated rings. The van der Waals surface area contributed by atoms with Crippen LogP contribution in [0.1, 0.15) is 12.0 Å². The highest BCUT2D eigenvalue weighted by Gasteiger charge is 2.00. The second-order valence-electron chi connectivity index (χ2n) is 3.11. The van der Waals surface area contributed by atoms with Crippen LogP contribution in [0, 0.1) is 5.92 Å². The van der Waals surface area contributed by atoms with Gasteiger partial charge in [-0.3, -0.25) is 0 Å². The van der Waals surface area contributed by atoms with Gasteiger partial charge in [0.05, 0.1) is 0 Å². The lowest BCUT2D eigenvalue weighted by Crippen LogP contribution is -2.02. The Kier molecular flexibility index (Phi) is 4.65. The number of benzene rings is 1. The molecule has 2 heteroatoms. The van der Waals surface area contributed by atoms with Crippen LogP contribution >= 0.6 is 0 Å². The molecule has 1 unspecified atom stereocenters. The first-order chi connectivity index (χ1) is 6.86. The topological polar surface area (TPSA) is 37.3 Å². The summed E-state index contributed by atoms with van der Waals surface area (Å²) < 4.78 is 0. The zero-order valence-corrected chi connectivity index (χ0v) is 7.97. The molecule has 0 saturated heterocycles. The van der Waals surface area contributed by atoms with Crippen LogP contribution in [-0.4, -0.2) is 18.0 Å². The third-order valence-electron chi connectivity index (χ3n) is 1.99. The van der Waals surface area contributed by atoms with Crippen molar-refractivity contribution in [3.63, 3.8) is 0 Å². The Labute approximate surface area is 83.9 Å². The average molecular weight is 190 g/mol. The van der Waals surface area contributed by atoms with Crippen LogP contribution in [0.2, 0.25) is 0 Å². The highest BCUT2D eigenvalue weighted by molar-refractivity contribution is 5.53. The van der Waals surface area contributed by atoms with Crippen molar-refractivity contribution in [1.29, 1.82) is 0 Å². The van der Waals surface area contributed by atoms with E-state index in [1.54, 1.807) is 0 Å². The molecule has 0 saturated carbocycles. The van der Waals surface area contributed by atoms with Gasteiger partial charge in [0.25, 0.3) is 0 Å². The van der Waals surface area contributed by atoms with Crippen molar-refractivity contribution in [3.05, 3.63) is 42.0 Å². The third kappa shape index (κ3) is 3.54. The number of aliphatic hydroxyl groups excluding tert-OH is 1. The molecular weight excluding hydrogens is 176 g/mol. The highest BCUT2D eigenvalue weighted by atomic mass is 16.3. The summed E-state index contributed by atoms with van der Waals surface area (Å²) in [4.78, 5) is 10.2. The maximum atomic E-state index is 10.2. The van der Waals surface area contributed by atoms with Crippen molar-refractivity contribution in [2.75, 3.05) is 6.61 Å². The standard InChI is InChI=1S/C12H14O2/c13-9-8-12(10-14)7-6-11-4-2-1-3-5-11/h1-7,9,12,14H,8,10H2/b7-6+. The van der Waals surface area contributed by atoms with Crippen LogP contribution < -0.4 is 0 Å². The van der Waals surface area contributed by atoms with Gasteiger partial charge in [0.2, 0.25) is 0 Å². The lowest BCUT2D eigenvalue weighted by atomic mass is 10.1. The van der Waals surface area contributed by atoms with E-state index < -0.39 is 0 Å². The van der Waals surface area contributed by atoms with Gasteiger partial charge in [0.1, 0.15) is 6.29 Å². The summed E-state index contributed by atoms with van der Waals surface area (Å²) in [6.07, 6.45) is 4.99. The predicted octanol–water partition coefficient (Wildman–Crippen LogP) is 1.90. The molecule has 0 aliphatic heterocycles. The summed E-state index contributed by atoms with van der Waals surface area (Å²) in [5.41, 5.74) is 1.08. The van der Waals surface area contributed by atoms with Crippen LogP contribution in [0.5, 0.6) is 0 Å². The molecule has 1 rings (SSSR count). The summed E-state index contributed by atoms with van der Waals surface area (Å²) in [6.45, 7) is 0.0159. The Balaban J connectivity index is 2.57. The zero-order valence-electron chi connectivity index (χ0n) is 7.97. The molecule has 14 heavy (non-hydrogen) atoms. The quantitative estimate of drug-likeness (QED) is 0.720. The van der Waals surface area contributed by atoms with Gasteiger partial charge in [0, 0.05) is 18.9 Å². The summed E-state index contributed by atoms with van der Waals surface area (Å²) in [5, 5.41) is 8.93. The molecule has 0 aliphatic carbocycles. The van der Waals surface area contributed by atoms with E-state index in [1.165, 1.54) is 0 Å². The van der Waals surface area contributed by atoms with Crippen molar-refractivity contribution in [2.24, 2.45) is 5.92 Å². The Bertz CT molecular complexity index is 290. The maximum Gasteiger partial charge on any atom is 0.120 e. The molecular formula is C12H14O2. The Morgan fingerprint density at radius 2 is 2.00 bits per heavy atom. The second kappa shape index (κ2) is 6.11. The summed E-state index contributed by atoms with van der Waals surface area (Å²) in [5.74, 6) is -0.0623. The van der Waals surface area contributed by atoms with E-state index in [1.807, 2.05) is 42.5 Å². The van der Waals surface area contributed by atoms with Gasteiger partial charge in [-0.15, -0.1) is 0 Å². The van der Waals surface area contributed by atoms with Gasteiger partial charge in [-0.05, 0) is 5.56 Å². The fourth-order valence-electron chi connectivity index (χ4n) is 1.15. The minimum absolute atomic E-state index is 0.0159. The number of hydrogen-bond donors (Lipinski definition) is 1. The molecule has 0 aromatic heterocycles. The van der Waals surface area contributed by atoms with Crippen LogP contribution in [-0.2, 0) is 4.79 Å². The number of hydrogen-bond acceptors (Lipinski definition) is 2. The molecule has 0 radical (unpaired) electrons. The van der Waals surface area contributed by atoms with Gasteiger partial charge in [-0.1, -0.05) is 42.5 Å². The van der Waals surface area contributed by atoms with Gasteiger partial charge >= 0.3 is 0 Å². The van der Waals surface area contributed by atoms with Gasteiger partial charge < -0.3 is 9.90 Å². The van der Waals surface area contributed by atoms with E-state index in [9.17, 15) is 4.79 Å². The number of carbonyl (C=O) groups is 1. The molecule has 0 heterocycles. The first-order valence-corrected chi connectivity index (χ1v) is 4.64. The number of aldehydes is 1. The number of carbonyl (C=O) groups excluding carboxylic acids is 1. The van der Waals surface area contributed by atoms with Crippen LogP contribution in [0.4, 0.5) is 0 Å². The molecule has 0 aliphatic rings. The Morgan fingerprint density at radius 1 is 1.29 bits per heavy atom. The smallest absolute Gasteiger partial charge is 0.120 e. The molecule has 1 aromatic rings. The average Bonchev–Trinajstić information content (AvgIpc) is 2.25. The van der Waals surface area contributed by atoms with Gasteiger partial charge in [-0.2, -0.15) is 0 Å². The molecule has 1 atom stereocenters. The van der Waals surface area contributed by atoms with Crippen molar-refractivity contribution in [1.82, 2.24) is 0 Å². The molecule has 0 spiro atoms. The second-order valence-corrected chi connectivity index (χ2v) is 3.11. The van der Waals surface area contributed by atoms with Crippen molar-refractivity contribution in [3.8, 4) is 0 Å². The molecule has 2 nitrogen and oxygen atoms in total. The van der Waals surface area contributed by atoms with E-state index >= 15 is 0 Å². The first-order valence-electron chi connectivity index (χ1n) is 4.64. The monoisotopic (exact) mass is 190 g/mol. The number of aliphatic hydroxyl groups is 1. The van der Waals surface area contributed by atoms with Gasteiger partial charge in [0.15, 0.2) is 0 Å². The number of rotatable bonds is 5. The molecule has 1 aromatic carbocycles. The zero-order chi connectivity index (χ0) is 10.2. The van der Waals surface area contributed by atoms with Crippen LogP contribution in [0.15, 0.2) is 36.4 Å². The van der Waals surface area contributed by atoms with Crippen LogP contribution in [0.25, 0.3) is 6.08 Å². The lowest BCUT2D eigenvalue weighted by molar-refractivity contribution is -0.108. The van der Waals surface area contributed by atoms with E-state index in [-0.39, 0.29) is 12.5 Å². The summed E-state index contributed by atoms with van der Waals surface area (Å²) in [6, 6.07) is 9.81. The minimum atomic E-state index is -0.0623. The van der Waals surface area contributed by atoms with E-state index in [0.29, 0.717) is 6.42 Å². The predicted molar refractivity (Wildman–Crippen MR) is 56.7 cm³/mol. The maximum absolute atomic E-state index is 10.2. The fraction of sp³-hybridized carbons (Fsp3) is 0.250. The van der Waals surface area contributed by atoms with Crippen molar-refractivity contribution < 1.29 is 9.90 Å². The van der Waals surface area contributed by atoms with Gasteiger partial charge in [-0.25, -0.2) is 0 Å². The minimum Gasteiger partial charge on any atom is -0.396 e. The SMILES string of the molecule is O=CCC(/C=C/c1ccccc1)CO. The fourth-order valence-corrected chi connectivity index (χ4v) is 1.15. The van der Waals surface area contributed by atoms with E-state index in [2.05, 4.69) is 0 Å². The summed E-state index contributed by atoms with van der Waals surface area (Å²) >= 11 is 0. The molecule has 0 amide bonds. The van der Waals surface area contributed by atoms with E-state index in [0.717, 1.165) is 11.8 Å². The Morgan fingerprint density at radius 3 is 2.57 bits per heavy atom. The molecule has 74 valence electrons. The first kappa shape index (κ1) is 10.7. The van der Waals surface area contributed by atoms with Crippen molar-refractivity contribution in [2.45, 2.75) is 6.42 Å². The van der Waals surface area contributed by atoms with E-state index in [4.69, 9.17) is 5.11 Å². The molecule has 0 bridgehead atoms.